The van der Waals surface area contributed by atoms with Gasteiger partial charge in [-0.3, -0.25) is 4.79 Å². The Morgan fingerprint density at radius 1 is 1.28 bits per heavy atom. The van der Waals surface area contributed by atoms with Crippen molar-refractivity contribution >= 4 is 27.7 Å². The lowest BCUT2D eigenvalue weighted by Gasteiger charge is -2.00. The van der Waals surface area contributed by atoms with Gasteiger partial charge in [-0.05, 0) is 23.8 Å². The summed E-state index contributed by atoms with van der Waals surface area (Å²) in [5.74, 6) is -0.662. The zero-order valence-corrected chi connectivity index (χ0v) is 10.5. The van der Waals surface area contributed by atoms with E-state index < -0.39 is 10.0 Å². The summed E-state index contributed by atoms with van der Waals surface area (Å²) in [7, 11) is -3.54. The predicted molar refractivity (Wildman–Crippen MR) is 70.9 cm³/mol. The second-order valence-corrected chi connectivity index (χ2v) is 5.39. The number of carbonyl (C=O) groups excluding carboxylic acids is 1. The van der Waals surface area contributed by atoms with Gasteiger partial charge in [0.15, 0.2) is 0 Å². The van der Waals surface area contributed by atoms with Crippen LogP contribution in [0.4, 0.5) is 5.69 Å². The maximum atomic E-state index is 11.3. The molecule has 0 atom stereocenters. The lowest BCUT2D eigenvalue weighted by Crippen LogP contribution is -2.30. The molecule has 0 heterocycles. The molecule has 1 aromatic rings. The van der Waals surface area contributed by atoms with Crippen molar-refractivity contribution in [3.05, 3.63) is 35.9 Å². The molecule has 0 bridgehead atoms. The van der Waals surface area contributed by atoms with Gasteiger partial charge >= 0.3 is 0 Å². The van der Waals surface area contributed by atoms with E-state index in [1.54, 1.807) is 30.3 Å². The summed E-state index contributed by atoms with van der Waals surface area (Å²) < 4.78 is 21.2. The van der Waals surface area contributed by atoms with Gasteiger partial charge in [0.2, 0.25) is 15.9 Å². The minimum atomic E-state index is -3.54. The molecule has 0 aliphatic rings. The monoisotopic (exact) mass is 269 g/mol. The van der Waals surface area contributed by atoms with Gasteiger partial charge < -0.3 is 11.1 Å². The van der Waals surface area contributed by atoms with Crippen LogP contribution in [0.25, 0.3) is 6.08 Å². The molecule has 0 spiro atoms. The van der Waals surface area contributed by atoms with E-state index >= 15 is 0 Å². The lowest BCUT2D eigenvalue weighted by molar-refractivity contribution is -0.116. The smallest absolute Gasteiger partial charge is 0.244 e. The summed E-state index contributed by atoms with van der Waals surface area (Å²) in [5.41, 5.74) is 6.99. The predicted octanol–water partition coefficient (Wildman–Crippen LogP) is -0.313. The highest BCUT2D eigenvalue weighted by Crippen LogP contribution is 2.06. The summed E-state index contributed by atoms with van der Waals surface area (Å²) >= 11 is 0. The average molecular weight is 269 g/mol. The van der Waals surface area contributed by atoms with Crippen LogP contribution in [0.3, 0.4) is 0 Å². The van der Waals surface area contributed by atoms with Crippen molar-refractivity contribution in [1.82, 2.24) is 5.32 Å². The summed E-state index contributed by atoms with van der Waals surface area (Å²) in [6, 6.07) is 6.98. The Balaban J connectivity index is 2.42. The van der Waals surface area contributed by atoms with Gasteiger partial charge in [-0.25, -0.2) is 13.6 Å². The summed E-state index contributed by atoms with van der Waals surface area (Å²) in [6.45, 7) is -0.0102. The van der Waals surface area contributed by atoms with Crippen molar-refractivity contribution in [2.45, 2.75) is 0 Å². The minimum absolute atomic E-state index is 0.0102. The molecule has 6 nitrogen and oxygen atoms in total. The first-order valence-electron chi connectivity index (χ1n) is 5.19. The van der Waals surface area contributed by atoms with E-state index in [9.17, 15) is 13.2 Å². The fourth-order valence-electron chi connectivity index (χ4n) is 1.15. The molecule has 0 unspecified atom stereocenters. The van der Waals surface area contributed by atoms with E-state index in [2.05, 4.69) is 5.32 Å². The number of hydrogen-bond acceptors (Lipinski definition) is 4. The fraction of sp³-hybridized carbons (Fsp3) is 0.182. The highest BCUT2D eigenvalue weighted by molar-refractivity contribution is 7.89. The maximum Gasteiger partial charge on any atom is 0.244 e. The molecule has 0 fully saturated rings. The van der Waals surface area contributed by atoms with Crippen LogP contribution in [0, 0.1) is 0 Å². The zero-order chi connectivity index (χ0) is 13.6. The first-order chi connectivity index (χ1) is 8.37. The number of nitrogens with two attached hydrogens (primary N) is 2. The molecule has 1 rings (SSSR count). The Morgan fingerprint density at radius 3 is 2.44 bits per heavy atom. The number of sulfonamides is 1. The van der Waals surface area contributed by atoms with Gasteiger partial charge in [0.05, 0.1) is 5.75 Å². The molecule has 98 valence electrons. The normalized spacial score (nSPS) is 11.6. The van der Waals surface area contributed by atoms with Gasteiger partial charge in [0.25, 0.3) is 0 Å². The number of primary sulfonamides is 1. The molecular weight excluding hydrogens is 254 g/mol. The number of rotatable bonds is 5. The van der Waals surface area contributed by atoms with Crippen LogP contribution < -0.4 is 16.2 Å². The lowest BCUT2D eigenvalue weighted by atomic mass is 10.2. The Labute approximate surface area is 106 Å². The number of nitrogen functional groups attached to an aromatic ring is 1. The van der Waals surface area contributed by atoms with E-state index in [4.69, 9.17) is 10.9 Å². The highest BCUT2D eigenvalue weighted by atomic mass is 32.2. The SMILES string of the molecule is Nc1ccc(/C=C/C(=O)NCCS(N)(=O)=O)cc1. The number of hydrogen-bond donors (Lipinski definition) is 3. The Hall–Kier alpha value is -1.86. The third kappa shape index (κ3) is 6.02. The van der Waals surface area contributed by atoms with E-state index in [0.717, 1.165) is 5.56 Å². The molecule has 0 aliphatic carbocycles. The molecule has 0 radical (unpaired) electrons. The van der Waals surface area contributed by atoms with E-state index in [-0.39, 0.29) is 18.2 Å². The number of benzene rings is 1. The molecule has 0 aromatic heterocycles. The van der Waals surface area contributed by atoms with Crippen molar-refractivity contribution in [2.24, 2.45) is 5.14 Å². The number of amides is 1. The second-order valence-electron chi connectivity index (χ2n) is 3.66. The molecular formula is C11H15N3O3S. The molecule has 0 saturated heterocycles. The maximum absolute atomic E-state index is 11.3. The zero-order valence-electron chi connectivity index (χ0n) is 9.67. The highest BCUT2D eigenvalue weighted by Gasteiger charge is 2.02. The van der Waals surface area contributed by atoms with E-state index in [1.807, 2.05) is 0 Å². The van der Waals surface area contributed by atoms with Gasteiger partial charge in [-0.1, -0.05) is 12.1 Å². The summed E-state index contributed by atoms with van der Waals surface area (Å²) in [5, 5.41) is 7.20. The molecule has 0 aliphatic heterocycles. The van der Waals surface area contributed by atoms with Crippen molar-refractivity contribution in [1.29, 1.82) is 0 Å². The molecule has 18 heavy (non-hydrogen) atoms. The van der Waals surface area contributed by atoms with Crippen LogP contribution in [0.2, 0.25) is 0 Å². The quantitative estimate of drug-likeness (QED) is 0.502. The minimum Gasteiger partial charge on any atom is -0.399 e. The Morgan fingerprint density at radius 2 is 1.89 bits per heavy atom. The van der Waals surface area contributed by atoms with E-state index in [0.29, 0.717) is 5.69 Å². The van der Waals surface area contributed by atoms with Gasteiger partial charge in [0, 0.05) is 18.3 Å². The van der Waals surface area contributed by atoms with Crippen molar-refractivity contribution < 1.29 is 13.2 Å². The first kappa shape index (κ1) is 14.2. The second kappa shape index (κ2) is 6.18. The standard InChI is InChI=1S/C11H15N3O3S/c12-10-4-1-9(2-5-10)3-6-11(15)14-7-8-18(13,16)17/h1-6H,7-8,12H2,(H,14,15)(H2,13,16,17)/b6-3+. The number of nitrogens with one attached hydrogen (secondary N) is 1. The molecule has 7 heteroatoms. The molecule has 0 saturated carbocycles. The van der Waals surface area contributed by atoms with Crippen LogP contribution in [0.5, 0.6) is 0 Å². The third-order valence-electron chi connectivity index (χ3n) is 2.05. The number of carbonyl (C=O) groups is 1. The van der Waals surface area contributed by atoms with Crippen LogP contribution >= 0.6 is 0 Å². The molecule has 5 N–H and O–H groups in total. The van der Waals surface area contributed by atoms with Gasteiger partial charge in [-0.15, -0.1) is 0 Å². The van der Waals surface area contributed by atoms with Crippen molar-refractivity contribution in [3.8, 4) is 0 Å². The average Bonchev–Trinajstić information content (AvgIpc) is 2.26. The Bertz CT molecular complexity index is 535. The van der Waals surface area contributed by atoms with Gasteiger partial charge in [-0.2, -0.15) is 0 Å². The van der Waals surface area contributed by atoms with Crippen LogP contribution in [0.1, 0.15) is 5.56 Å². The summed E-state index contributed by atoms with van der Waals surface area (Å²) in [6.07, 6.45) is 2.92. The van der Waals surface area contributed by atoms with Crippen LogP contribution in [0.15, 0.2) is 30.3 Å². The van der Waals surface area contributed by atoms with Crippen LogP contribution in [-0.4, -0.2) is 26.6 Å². The topological polar surface area (TPSA) is 115 Å². The largest absolute Gasteiger partial charge is 0.399 e. The first-order valence-corrected chi connectivity index (χ1v) is 6.90. The fourth-order valence-corrected chi connectivity index (χ4v) is 1.54. The molecule has 1 amide bonds. The van der Waals surface area contributed by atoms with Crippen molar-refractivity contribution in [3.63, 3.8) is 0 Å². The van der Waals surface area contributed by atoms with E-state index in [1.165, 1.54) is 6.08 Å². The van der Waals surface area contributed by atoms with Gasteiger partial charge in [0.1, 0.15) is 0 Å². The van der Waals surface area contributed by atoms with Crippen molar-refractivity contribution in [2.75, 3.05) is 18.0 Å². The summed E-state index contributed by atoms with van der Waals surface area (Å²) in [4.78, 5) is 11.3. The number of anilines is 1. The Kier molecular flexibility index (Phi) is 4.87. The third-order valence-corrected chi connectivity index (χ3v) is 2.82. The van der Waals surface area contributed by atoms with Crippen LogP contribution in [-0.2, 0) is 14.8 Å². The molecule has 1 aromatic carbocycles.